The Kier molecular flexibility index (Phi) is 18.2. The van der Waals surface area contributed by atoms with Gasteiger partial charge >= 0.3 is 5.97 Å². The normalized spacial score (nSPS) is 19.0. The Morgan fingerprint density at radius 3 is 1.49 bits per heavy atom. The van der Waals surface area contributed by atoms with Crippen LogP contribution in [0.3, 0.4) is 0 Å². The molecule has 3 amide bonds. The summed E-state index contributed by atoms with van der Waals surface area (Å²) in [4.78, 5) is 70.4. The average Bonchev–Trinajstić information content (AvgIpc) is 3.87. The van der Waals surface area contributed by atoms with Crippen LogP contribution in [0.2, 0.25) is 10.0 Å². The number of aromatic nitrogens is 4. The Balaban J connectivity index is 0.000000166. The highest BCUT2D eigenvalue weighted by atomic mass is 35.5. The van der Waals surface area contributed by atoms with Crippen LogP contribution < -0.4 is 16.0 Å². The molecule has 0 radical (unpaired) electrons. The van der Waals surface area contributed by atoms with E-state index >= 15 is 0 Å². The molecule has 4 saturated heterocycles. The van der Waals surface area contributed by atoms with Crippen molar-refractivity contribution in [3.05, 3.63) is 166 Å². The zero-order valence-electron chi connectivity index (χ0n) is 41.3. The van der Waals surface area contributed by atoms with Crippen LogP contribution in [0.1, 0.15) is 61.8 Å². The van der Waals surface area contributed by atoms with E-state index in [1.54, 1.807) is 73.3 Å². The lowest BCUT2D eigenvalue weighted by Crippen LogP contribution is -2.55. The number of hydrogen-bond donors (Lipinski definition) is 4. The van der Waals surface area contributed by atoms with Crippen LogP contribution in [-0.2, 0) is 32.3 Å². The first kappa shape index (κ1) is 54.0. The Hall–Kier alpha value is -7.28. The monoisotopic (exact) mass is 1060 g/mol. The zero-order valence-corrected chi connectivity index (χ0v) is 42.8. The number of carbonyl (C=O) groups is 4. The number of fused-ring (bicyclic) bond motifs is 4. The van der Waals surface area contributed by atoms with Crippen molar-refractivity contribution in [1.82, 2.24) is 40.0 Å². The molecule has 75 heavy (non-hydrogen) atoms. The number of carboxylic acids is 1. The SMILES string of the molecule is CC(=O)Nc1cc(Cl)c(-c2cnccn2)cc1/C=C/C(=O)N1C2CCC1CN(Cc1ccc(F)cc1)C2.CC(=O)Nc1cc(Cl)c(-c2cnccn2)cc1/C=C/C(=O)O.Fc1ccc(CN2CC3CCC(C2)N3)cc1. The highest BCUT2D eigenvalue weighted by Gasteiger charge is 2.41. The number of piperazine rings is 2. The maximum absolute atomic E-state index is 13.3. The van der Waals surface area contributed by atoms with Gasteiger partial charge in [0.1, 0.15) is 11.6 Å². The lowest BCUT2D eigenvalue weighted by atomic mass is 10.0. The lowest BCUT2D eigenvalue weighted by molar-refractivity contribution is -0.132. The first-order chi connectivity index (χ1) is 36.1. The molecule has 6 heterocycles. The number of nitrogens with zero attached hydrogens (tertiary/aromatic N) is 7. The van der Waals surface area contributed by atoms with Crippen LogP contribution in [0, 0.1) is 11.6 Å². The molecule has 4 fully saturated rings. The summed E-state index contributed by atoms with van der Waals surface area (Å²) in [6, 6.07) is 21.7. The minimum Gasteiger partial charge on any atom is -0.478 e. The summed E-state index contributed by atoms with van der Waals surface area (Å²) < 4.78 is 26.0. The number of halogens is 4. The van der Waals surface area contributed by atoms with Gasteiger partial charge in [0.05, 0.1) is 33.8 Å². The maximum Gasteiger partial charge on any atom is 0.328 e. The van der Waals surface area contributed by atoms with Crippen LogP contribution in [0.5, 0.6) is 0 Å². The van der Waals surface area contributed by atoms with E-state index in [9.17, 15) is 28.0 Å². The van der Waals surface area contributed by atoms with E-state index in [1.807, 2.05) is 29.2 Å². The fraction of sp³-hybridized carbons (Fsp3) is 0.286. The van der Waals surface area contributed by atoms with Gasteiger partial charge in [0.15, 0.2) is 0 Å². The predicted molar refractivity (Wildman–Crippen MR) is 286 cm³/mol. The molecule has 19 heteroatoms. The highest BCUT2D eigenvalue weighted by Crippen LogP contribution is 2.36. The number of benzene rings is 4. The molecule has 0 saturated carbocycles. The van der Waals surface area contributed by atoms with Crippen LogP contribution in [0.4, 0.5) is 20.2 Å². The summed E-state index contributed by atoms with van der Waals surface area (Å²) in [7, 11) is 0. The molecule has 2 aromatic heterocycles. The quantitative estimate of drug-likeness (QED) is 0.0853. The minimum atomic E-state index is -1.09. The van der Waals surface area contributed by atoms with Crippen molar-refractivity contribution in [2.75, 3.05) is 36.8 Å². The first-order valence-corrected chi connectivity index (χ1v) is 25.3. The molecule has 6 aromatic rings. The van der Waals surface area contributed by atoms with Gasteiger partial charge in [-0.1, -0.05) is 47.5 Å². The summed E-state index contributed by atoms with van der Waals surface area (Å²) in [6.07, 6.45) is 19.6. The molecule has 0 aliphatic carbocycles. The topological polar surface area (TPSA) is 186 Å². The minimum absolute atomic E-state index is 0.0568. The van der Waals surface area contributed by atoms with Gasteiger partial charge in [-0.25, -0.2) is 13.6 Å². The number of hydrogen-bond acceptors (Lipinski definition) is 11. The smallest absolute Gasteiger partial charge is 0.328 e. The third-order valence-corrected chi connectivity index (χ3v) is 13.8. The van der Waals surface area contributed by atoms with E-state index in [0.717, 1.165) is 63.7 Å². The molecule has 10 rings (SSSR count). The molecular weight excluding hydrogens is 1000 g/mol. The maximum atomic E-state index is 13.3. The van der Waals surface area contributed by atoms with Crippen molar-refractivity contribution in [1.29, 1.82) is 0 Å². The van der Waals surface area contributed by atoms with E-state index in [-0.39, 0.29) is 41.4 Å². The molecular formula is C56H56Cl2F2N10O5. The van der Waals surface area contributed by atoms with Crippen LogP contribution in [0.15, 0.2) is 122 Å². The van der Waals surface area contributed by atoms with Crippen LogP contribution in [0.25, 0.3) is 34.7 Å². The largest absolute Gasteiger partial charge is 0.478 e. The molecule has 388 valence electrons. The standard InChI is InChI=1S/C28H27ClFN5O2.C15H12ClN3O3.C13H17FN2/c1-18(36)33-26-13-25(29)24(27-14-31-10-11-32-27)12-20(26)4-9-28(37)35-22-7-8-23(35)17-34(16-22)15-19-2-5-21(30)6-3-19;1-9(20)19-13-7-12(16)11(14-8-17-4-5-18-14)6-10(13)2-3-15(21)22;14-11-3-1-10(2-4-11)7-16-8-12-5-6-13(9-16)15-12/h2-6,9-14,22-23H,7-8,15-17H2,1H3,(H,33,36);2-8H,1H3,(H,19,20)(H,21,22);1-4,12-13,15H,5-9H2/b9-4+;3-2+;. The lowest BCUT2D eigenvalue weighted by Gasteiger charge is -2.40. The van der Waals surface area contributed by atoms with Crippen molar-refractivity contribution in [3.63, 3.8) is 0 Å². The molecule has 4 unspecified atom stereocenters. The molecule has 4 aromatic carbocycles. The summed E-state index contributed by atoms with van der Waals surface area (Å²) in [6.45, 7) is 8.30. The molecule has 0 spiro atoms. The highest BCUT2D eigenvalue weighted by molar-refractivity contribution is 6.34. The second-order valence-corrected chi connectivity index (χ2v) is 19.6. The van der Waals surface area contributed by atoms with Gasteiger partial charge in [-0.2, -0.15) is 0 Å². The summed E-state index contributed by atoms with van der Waals surface area (Å²) >= 11 is 12.7. The van der Waals surface area contributed by atoms with Crippen molar-refractivity contribution < 1.29 is 33.1 Å². The van der Waals surface area contributed by atoms with E-state index in [1.165, 1.54) is 62.9 Å². The Bertz CT molecular complexity index is 3020. The number of amides is 3. The third kappa shape index (κ3) is 15.0. The number of anilines is 2. The van der Waals surface area contributed by atoms with E-state index in [2.05, 4.69) is 45.7 Å². The fourth-order valence-corrected chi connectivity index (χ4v) is 10.4. The van der Waals surface area contributed by atoms with Crippen molar-refractivity contribution in [2.24, 2.45) is 0 Å². The average molecular weight is 1060 g/mol. The number of rotatable bonds is 12. The Morgan fingerprint density at radius 1 is 0.640 bits per heavy atom. The number of aliphatic carboxylic acids is 1. The molecule has 15 nitrogen and oxygen atoms in total. The zero-order chi connectivity index (χ0) is 53.0. The second kappa shape index (κ2) is 25.3. The van der Waals surface area contributed by atoms with Crippen molar-refractivity contribution >= 4 is 70.4 Å². The van der Waals surface area contributed by atoms with Crippen LogP contribution in [-0.4, -0.2) is 114 Å². The van der Waals surface area contributed by atoms with Gasteiger partial charge in [-0.15, -0.1) is 0 Å². The summed E-state index contributed by atoms with van der Waals surface area (Å²) in [5.74, 6) is -2.06. The Labute approximate surface area is 443 Å². The molecule has 4 aliphatic heterocycles. The van der Waals surface area contributed by atoms with Gasteiger partial charge in [0.25, 0.3) is 0 Å². The summed E-state index contributed by atoms with van der Waals surface area (Å²) in [5.41, 5.74) is 6.75. The predicted octanol–water partition coefficient (Wildman–Crippen LogP) is 9.40. The van der Waals surface area contributed by atoms with E-state index in [4.69, 9.17) is 28.3 Å². The van der Waals surface area contributed by atoms with Gasteiger partial charge in [-0.3, -0.25) is 44.1 Å². The molecule has 4 aliphatic rings. The molecule has 4 atom stereocenters. The molecule has 4 N–H and O–H groups in total. The number of carboxylic acid groups (broad SMARTS) is 1. The van der Waals surface area contributed by atoms with Crippen molar-refractivity contribution in [2.45, 2.75) is 76.8 Å². The van der Waals surface area contributed by atoms with E-state index < -0.39 is 5.97 Å². The van der Waals surface area contributed by atoms with Crippen LogP contribution >= 0.6 is 23.2 Å². The van der Waals surface area contributed by atoms with Crippen molar-refractivity contribution in [3.8, 4) is 22.5 Å². The first-order valence-electron chi connectivity index (χ1n) is 24.5. The van der Waals surface area contributed by atoms with Gasteiger partial charge in [0.2, 0.25) is 17.7 Å². The van der Waals surface area contributed by atoms with Gasteiger partial charge < -0.3 is 26.0 Å². The molecule has 4 bridgehead atoms. The number of carbonyl (C=O) groups excluding carboxylic acids is 3. The van der Waals surface area contributed by atoms with Gasteiger partial charge in [0, 0.05) is 137 Å². The third-order valence-electron chi connectivity index (χ3n) is 13.1. The Morgan fingerprint density at radius 2 is 1.08 bits per heavy atom. The number of likely N-dealkylation sites (tertiary alicyclic amines) is 2. The second-order valence-electron chi connectivity index (χ2n) is 18.8. The fourth-order valence-electron chi connectivity index (χ4n) is 9.92. The van der Waals surface area contributed by atoms with Gasteiger partial charge in [-0.05, 0) is 109 Å². The summed E-state index contributed by atoms with van der Waals surface area (Å²) in [5, 5.41) is 18.6. The van der Waals surface area contributed by atoms with E-state index in [0.29, 0.717) is 67.1 Å². The number of nitrogens with one attached hydrogen (secondary N) is 3.